The highest BCUT2D eigenvalue weighted by Crippen LogP contribution is 2.24. The highest BCUT2D eigenvalue weighted by molar-refractivity contribution is 8.15. The van der Waals surface area contributed by atoms with Crippen LogP contribution in [0.4, 0.5) is 0 Å². The van der Waals surface area contributed by atoms with Crippen molar-refractivity contribution in [1.29, 1.82) is 0 Å². The Morgan fingerprint density at radius 1 is 0.640 bits per heavy atom. The second-order valence-electron chi connectivity index (χ2n) is 4.34. The third kappa shape index (κ3) is 9.53. The molecular weight excluding hydrogens is 366 g/mol. The molecule has 3 rings (SSSR count). The summed E-state index contributed by atoms with van der Waals surface area (Å²) in [4.78, 5) is 12.6. The van der Waals surface area contributed by atoms with Gasteiger partial charge in [0, 0.05) is 18.6 Å². The number of thioether (sulfide) groups is 3. The van der Waals surface area contributed by atoms with Gasteiger partial charge in [0.25, 0.3) is 0 Å². The van der Waals surface area contributed by atoms with Crippen molar-refractivity contribution in [3.05, 3.63) is 73.2 Å². The number of nitrogens with zero attached hydrogens (tertiary/aromatic N) is 3. The van der Waals surface area contributed by atoms with Gasteiger partial charge < -0.3 is 0 Å². The Morgan fingerprint density at radius 2 is 1.04 bits per heavy atom. The zero-order valence-corrected chi connectivity index (χ0v) is 15.9. The van der Waals surface area contributed by atoms with Crippen LogP contribution in [0.3, 0.4) is 0 Å². The van der Waals surface area contributed by atoms with Crippen molar-refractivity contribution in [2.24, 2.45) is 0 Å². The fraction of sp³-hybridized carbons (Fsp3) is 0.211. The van der Waals surface area contributed by atoms with E-state index in [0.717, 1.165) is 25.9 Å². The minimum Gasteiger partial charge on any atom is -0.250 e. The van der Waals surface area contributed by atoms with E-state index in [-0.39, 0.29) is 7.43 Å². The van der Waals surface area contributed by atoms with E-state index >= 15 is 0 Å². The first-order valence-corrected chi connectivity index (χ1v) is 10.5. The topological polar surface area (TPSA) is 38.7 Å². The monoisotopic (exact) mass is 389 g/mol. The van der Waals surface area contributed by atoms with Crippen LogP contribution in [0.15, 0.2) is 88.3 Å². The Morgan fingerprint density at radius 3 is 1.36 bits per heavy atom. The third-order valence-electron chi connectivity index (χ3n) is 2.62. The predicted octanol–water partition coefficient (Wildman–Crippen LogP) is 6.15. The second kappa shape index (κ2) is 13.8. The van der Waals surface area contributed by atoms with E-state index in [0.29, 0.717) is 0 Å². The Balaban J connectivity index is 0.000000270. The summed E-state index contributed by atoms with van der Waals surface area (Å²) in [6.07, 6.45) is 5.44. The lowest BCUT2D eigenvalue weighted by molar-refractivity contribution is 1.13. The van der Waals surface area contributed by atoms with Crippen LogP contribution in [0.2, 0.25) is 0 Å². The quantitative estimate of drug-likeness (QED) is 0.372. The lowest BCUT2D eigenvalue weighted by atomic mass is 10.5. The van der Waals surface area contributed by atoms with Gasteiger partial charge in [0.05, 0.1) is 20.2 Å². The molecule has 25 heavy (non-hydrogen) atoms. The first-order chi connectivity index (χ1) is 11.9. The lowest BCUT2D eigenvalue weighted by Crippen LogP contribution is -1.80. The number of rotatable bonds is 6. The molecule has 0 atom stereocenters. The predicted molar refractivity (Wildman–Crippen MR) is 112 cm³/mol. The highest BCUT2D eigenvalue weighted by atomic mass is 32.2. The maximum Gasteiger partial charge on any atom is 0.0967 e. The number of aromatic nitrogens is 3. The zero-order valence-electron chi connectivity index (χ0n) is 13.4. The van der Waals surface area contributed by atoms with Crippen molar-refractivity contribution in [2.45, 2.75) is 29.4 Å². The maximum absolute atomic E-state index is 4.24. The molecule has 0 fully saturated rings. The zero-order chi connectivity index (χ0) is 16.9. The molecule has 0 spiro atoms. The molecule has 0 saturated carbocycles. The molecule has 0 unspecified atom stereocenters. The van der Waals surface area contributed by atoms with Crippen LogP contribution in [0.25, 0.3) is 0 Å². The van der Waals surface area contributed by atoms with Gasteiger partial charge in [-0.25, -0.2) is 15.0 Å². The first-order valence-electron chi connectivity index (χ1n) is 7.50. The second-order valence-corrected chi connectivity index (χ2v) is 7.98. The summed E-state index contributed by atoms with van der Waals surface area (Å²) in [6, 6.07) is 17.8. The van der Waals surface area contributed by atoms with E-state index in [9.17, 15) is 0 Å². The van der Waals surface area contributed by atoms with Gasteiger partial charge in [-0.2, -0.15) is 0 Å². The maximum atomic E-state index is 4.24. The summed E-state index contributed by atoms with van der Waals surface area (Å²) >= 11 is 5.22. The largest absolute Gasteiger partial charge is 0.250 e. The van der Waals surface area contributed by atoms with Crippen molar-refractivity contribution in [3.8, 4) is 0 Å². The molecule has 0 radical (unpaired) electrons. The summed E-state index contributed by atoms with van der Waals surface area (Å²) in [7, 11) is 0. The van der Waals surface area contributed by atoms with Gasteiger partial charge in [0.15, 0.2) is 0 Å². The van der Waals surface area contributed by atoms with Crippen molar-refractivity contribution < 1.29 is 0 Å². The van der Waals surface area contributed by atoms with Gasteiger partial charge in [0.2, 0.25) is 0 Å². The van der Waals surface area contributed by atoms with Gasteiger partial charge >= 0.3 is 0 Å². The van der Waals surface area contributed by atoms with Crippen molar-refractivity contribution >= 4 is 35.3 Å². The fourth-order valence-corrected chi connectivity index (χ4v) is 4.02. The van der Waals surface area contributed by atoms with Crippen LogP contribution in [0.5, 0.6) is 0 Å². The van der Waals surface area contributed by atoms with Crippen molar-refractivity contribution in [1.82, 2.24) is 15.0 Å². The summed E-state index contributed by atoms with van der Waals surface area (Å²) in [5.74, 6) is 1.09. The third-order valence-corrected chi connectivity index (χ3v) is 5.46. The Hall–Kier alpha value is -1.50. The normalized spacial score (nSPS) is 9.48. The molecule has 0 aliphatic heterocycles. The Kier molecular flexibility index (Phi) is 11.9. The van der Waals surface area contributed by atoms with Gasteiger partial charge in [-0.05, 0) is 42.2 Å². The minimum atomic E-state index is 0. The van der Waals surface area contributed by atoms with Gasteiger partial charge in [-0.1, -0.05) is 56.1 Å². The summed E-state index contributed by atoms with van der Waals surface area (Å²) < 4.78 is 0. The van der Waals surface area contributed by atoms with E-state index in [2.05, 4.69) is 21.9 Å². The molecule has 0 aliphatic carbocycles. The van der Waals surface area contributed by atoms with E-state index in [4.69, 9.17) is 0 Å². The van der Waals surface area contributed by atoms with Crippen LogP contribution < -0.4 is 0 Å². The smallest absolute Gasteiger partial charge is 0.0967 e. The average molecular weight is 390 g/mol. The first kappa shape index (κ1) is 21.5. The van der Waals surface area contributed by atoms with Crippen LogP contribution in [0.1, 0.15) is 14.4 Å². The number of hydrogen-bond donors (Lipinski definition) is 0. The van der Waals surface area contributed by atoms with Crippen molar-refractivity contribution in [3.63, 3.8) is 0 Å². The molecule has 3 nitrogen and oxygen atoms in total. The molecule has 3 aromatic rings. The van der Waals surface area contributed by atoms with Gasteiger partial charge in [-0.3, -0.25) is 0 Å². The fourth-order valence-electron chi connectivity index (χ4n) is 1.60. The molecule has 0 amide bonds. The van der Waals surface area contributed by atoms with Crippen molar-refractivity contribution in [2.75, 3.05) is 10.8 Å². The summed E-state index contributed by atoms with van der Waals surface area (Å²) in [5, 5.41) is 4.16. The Bertz CT molecular complexity index is 628. The van der Waals surface area contributed by atoms with E-state index < -0.39 is 0 Å². The van der Waals surface area contributed by atoms with E-state index in [1.165, 1.54) is 0 Å². The molecule has 3 heterocycles. The van der Waals surface area contributed by atoms with Crippen LogP contribution in [-0.4, -0.2) is 25.8 Å². The summed E-state index contributed by atoms with van der Waals surface area (Å²) in [6.45, 7) is 2.12. The van der Waals surface area contributed by atoms with E-state index in [1.54, 1.807) is 35.3 Å². The summed E-state index contributed by atoms with van der Waals surface area (Å²) in [5.41, 5.74) is 0. The van der Waals surface area contributed by atoms with Gasteiger partial charge in [-0.15, -0.1) is 11.8 Å². The van der Waals surface area contributed by atoms with Crippen LogP contribution >= 0.6 is 35.3 Å². The molecule has 0 saturated heterocycles. The minimum absolute atomic E-state index is 0. The number of hydrogen-bond acceptors (Lipinski definition) is 6. The molecule has 3 aromatic heterocycles. The Labute approximate surface area is 163 Å². The standard InChI is InChI=1S/C11H10N2S2.C7H9NS.CH4/c1-3-7-12-10(5-1)14-9-15-11-6-2-4-8-13-11;1-2-9-7-5-3-4-6-8-7;/h1-8H,9H2;3-6H,2H2,1H3;1H4. The molecule has 132 valence electrons. The molecule has 0 N–H and O–H groups in total. The molecule has 0 bridgehead atoms. The molecule has 6 heteroatoms. The number of pyridine rings is 3. The molecule has 0 aromatic carbocycles. The lowest BCUT2D eigenvalue weighted by Gasteiger charge is -1.99. The van der Waals surface area contributed by atoms with Gasteiger partial charge in [0.1, 0.15) is 0 Å². The highest BCUT2D eigenvalue weighted by Gasteiger charge is 1.96. The molecule has 0 aliphatic rings. The SMILES string of the molecule is C.CCSc1ccccn1.c1ccc(SCSc2ccccn2)nc1. The average Bonchev–Trinajstić information content (AvgIpc) is 2.65. The van der Waals surface area contributed by atoms with Crippen LogP contribution in [-0.2, 0) is 0 Å². The molecular formula is C19H23N3S3. The van der Waals surface area contributed by atoms with Crippen LogP contribution in [0, 0.1) is 0 Å². The van der Waals surface area contributed by atoms with E-state index in [1.807, 2.05) is 73.2 Å².